The molecule has 4 nitrogen and oxygen atoms in total. The highest BCUT2D eigenvalue weighted by Gasteiger charge is 2.71. The fraction of sp³-hybridized carbons (Fsp3) is 0.957. The summed E-state index contributed by atoms with van der Waals surface area (Å²) < 4.78 is 0. The standard InChI is InChI=1S/C46H82N2O2/c1-35(2)33(36(3,4)40(11,12)43(17,18)39(35,9)10)47-31(49)26-45-22-29-21-30(23-45)25-46(24-29,28-45)27-32(50)48-34-37(5,6)41(13,14)44(19,20)42(15,16)38(34,7)8/h29-30,33-34H,21-28H2,1-20H3,(H,47,49)(H,48,50). The predicted octanol–water partition coefficient (Wildman–Crippen LogP) is 11.6. The van der Waals surface area contributed by atoms with Gasteiger partial charge in [-0.05, 0) is 115 Å². The van der Waals surface area contributed by atoms with E-state index >= 15 is 0 Å². The van der Waals surface area contributed by atoms with Crippen LogP contribution in [0.5, 0.6) is 0 Å². The van der Waals surface area contributed by atoms with E-state index in [1.807, 2.05) is 0 Å². The van der Waals surface area contributed by atoms with E-state index in [2.05, 4.69) is 149 Å². The lowest BCUT2D eigenvalue weighted by molar-refractivity contribution is -0.228. The molecular formula is C46H82N2O2. The zero-order valence-electron chi connectivity index (χ0n) is 36.8. The molecule has 0 aliphatic heterocycles. The van der Waals surface area contributed by atoms with Crippen LogP contribution in [0.15, 0.2) is 0 Å². The van der Waals surface area contributed by atoms with Gasteiger partial charge in [0.05, 0.1) is 0 Å². The lowest BCUT2D eigenvalue weighted by atomic mass is 9.33. The van der Waals surface area contributed by atoms with Crippen molar-refractivity contribution in [2.45, 2.75) is 202 Å². The number of nitrogens with one attached hydrogen (secondary N) is 2. The zero-order chi connectivity index (χ0) is 38.5. The molecule has 288 valence electrons. The van der Waals surface area contributed by atoms with Crippen LogP contribution in [0, 0.1) is 76.8 Å². The van der Waals surface area contributed by atoms with Crippen LogP contribution in [0.25, 0.3) is 0 Å². The minimum atomic E-state index is -0.0923. The molecule has 0 heterocycles. The van der Waals surface area contributed by atoms with Crippen LogP contribution in [-0.2, 0) is 9.59 Å². The number of carbonyl (C=O) groups is 2. The molecular weight excluding hydrogens is 613 g/mol. The number of carbonyl (C=O) groups excluding carboxylic acids is 2. The number of hydrogen-bond acceptors (Lipinski definition) is 2. The first-order valence-electron chi connectivity index (χ1n) is 20.6. The summed E-state index contributed by atoms with van der Waals surface area (Å²) in [7, 11) is 0. The summed E-state index contributed by atoms with van der Waals surface area (Å²) >= 11 is 0. The van der Waals surface area contributed by atoms with E-state index in [1.165, 1.54) is 6.42 Å². The highest BCUT2D eigenvalue weighted by Crippen LogP contribution is 2.74. The third kappa shape index (κ3) is 4.85. The van der Waals surface area contributed by atoms with Gasteiger partial charge in [0.15, 0.2) is 0 Å². The largest absolute Gasteiger partial charge is 0.352 e. The van der Waals surface area contributed by atoms with Crippen molar-refractivity contribution in [2.24, 2.45) is 76.8 Å². The zero-order valence-corrected chi connectivity index (χ0v) is 36.8. The second kappa shape index (κ2) is 10.8. The molecule has 6 fully saturated rings. The lowest BCUT2D eigenvalue weighted by Crippen LogP contribution is -2.73. The Hall–Kier alpha value is -1.06. The molecule has 0 saturated heterocycles. The van der Waals surface area contributed by atoms with E-state index in [1.54, 1.807) is 0 Å². The summed E-state index contributed by atoms with van der Waals surface area (Å²) in [4.78, 5) is 28.9. The van der Waals surface area contributed by atoms with Crippen molar-refractivity contribution in [3.05, 3.63) is 0 Å². The quantitative estimate of drug-likeness (QED) is 0.291. The minimum absolute atomic E-state index is 0.0106. The maximum atomic E-state index is 14.5. The van der Waals surface area contributed by atoms with E-state index in [-0.39, 0.29) is 88.9 Å². The molecule has 0 atom stereocenters. The minimum Gasteiger partial charge on any atom is -0.352 e. The molecule has 50 heavy (non-hydrogen) atoms. The molecule has 0 unspecified atom stereocenters. The maximum Gasteiger partial charge on any atom is 0.220 e. The summed E-state index contributed by atoms with van der Waals surface area (Å²) in [6.45, 7) is 48.3. The predicted molar refractivity (Wildman–Crippen MR) is 210 cm³/mol. The van der Waals surface area contributed by atoms with E-state index in [0.717, 1.165) is 32.1 Å². The van der Waals surface area contributed by atoms with Gasteiger partial charge in [-0.15, -0.1) is 0 Å². The molecule has 0 radical (unpaired) electrons. The van der Waals surface area contributed by atoms with E-state index in [4.69, 9.17) is 0 Å². The van der Waals surface area contributed by atoms with Gasteiger partial charge in [0.1, 0.15) is 0 Å². The molecule has 6 aliphatic rings. The first-order chi connectivity index (χ1) is 22.0. The van der Waals surface area contributed by atoms with Gasteiger partial charge in [0.25, 0.3) is 0 Å². The highest BCUT2D eigenvalue weighted by molar-refractivity contribution is 5.78. The van der Waals surface area contributed by atoms with Gasteiger partial charge in [-0.3, -0.25) is 9.59 Å². The van der Waals surface area contributed by atoms with Crippen molar-refractivity contribution in [3.8, 4) is 0 Å². The Labute approximate surface area is 310 Å². The molecule has 6 saturated carbocycles. The van der Waals surface area contributed by atoms with E-state index in [0.29, 0.717) is 24.7 Å². The van der Waals surface area contributed by atoms with Crippen LogP contribution in [0.3, 0.4) is 0 Å². The summed E-state index contributed by atoms with van der Waals surface area (Å²) in [5.74, 6) is 1.75. The van der Waals surface area contributed by atoms with Crippen molar-refractivity contribution in [2.75, 3.05) is 0 Å². The molecule has 6 rings (SSSR count). The first-order valence-corrected chi connectivity index (χ1v) is 20.6. The fourth-order valence-corrected chi connectivity index (χ4v) is 14.9. The van der Waals surface area contributed by atoms with Crippen LogP contribution in [-0.4, -0.2) is 23.9 Å². The summed E-state index contributed by atoms with van der Waals surface area (Å²) in [5.41, 5.74) is -0.152. The molecule has 4 bridgehead atoms. The molecule has 4 heteroatoms. The van der Waals surface area contributed by atoms with Crippen LogP contribution in [0.2, 0.25) is 0 Å². The molecule has 2 N–H and O–H groups in total. The molecule has 0 aromatic heterocycles. The van der Waals surface area contributed by atoms with Gasteiger partial charge in [-0.25, -0.2) is 0 Å². The number of amides is 2. The van der Waals surface area contributed by atoms with Crippen LogP contribution in [0.4, 0.5) is 0 Å². The average Bonchev–Trinajstić information content (AvgIpc) is 2.91. The maximum absolute atomic E-state index is 14.5. The molecule has 2 amide bonds. The third-order valence-electron chi connectivity index (χ3n) is 21.6. The monoisotopic (exact) mass is 695 g/mol. The van der Waals surface area contributed by atoms with Crippen molar-refractivity contribution in [1.82, 2.24) is 10.6 Å². The van der Waals surface area contributed by atoms with Gasteiger partial charge < -0.3 is 10.6 Å². The summed E-state index contributed by atoms with van der Waals surface area (Å²) in [6, 6.07) is 0.129. The van der Waals surface area contributed by atoms with Gasteiger partial charge in [-0.2, -0.15) is 0 Å². The molecule has 0 aromatic carbocycles. The van der Waals surface area contributed by atoms with Crippen LogP contribution < -0.4 is 10.6 Å². The van der Waals surface area contributed by atoms with Crippen LogP contribution >= 0.6 is 0 Å². The lowest BCUT2D eigenvalue weighted by Gasteiger charge is -2.73. The first kappa shape index (κ1) is 40.1. The number of rotatable bonds is 6. The van der Waals surface area contributed by atoms with Crippen molar-refractivity contribution < 1.29 is 9.59 Å². The molecule has 0 aromatic rings. The Balaban J connectivity index is 1.37. The second-order valence-corrected chi connectivity index (χ2v) is 25.0. The van der Waals surface area contributed by atoms with Gasteiger partial charge in [-0.1, -0.05) is 138 Å². The van der Waals surface area contributed by atoms with E-state index < -0.39 is 0 Å². The topological polar surface area (TPSA) is 58.2 Å². The Bertz CT molecular complexity index is 1220. The Morgan fingerprint density at radius 1 is 0.420 bits per heavy atom. The Morgan fingerprint density at radius 2 is 0.660 bits per heavy atom. The summed E-state index contributed by atoms with van der Waals surface area (Å²) in [5, 5.41) is 7.51. The molecule has 0 spiro atoms. The van der Waals surface area contributed by atoms with Gasteiger partial charge >= 0.3 is 0 Å². The Kier molecular flexibility index (Phi) is 8.66. The van der Waals surface area contributed by atoms with Crippen molar-refractivity contribution in [1.29, 1.82) is 0 Å². The summed E-state index contributed by atoms with van der Waals surface area (Å²) in [6.07, 6.45) is 8.14. The highest BCUT2D eigenvalue weighted by atomic mass is 16.2. The smallest absolute Gasteiger partial charge is 0.220 e. The van der Waals surface area contributed by atoms with Crippen LogP contribution in [0.1, 0.15) is 190 Å². The van der Waals surface area contributed by atoms with E-state index in [9.17, 15) is 9.59 Å². The number of hydrogen-bond donors (Lipinski definition) is 2. The van der Waals surface area contributed by atoms with Gasteiger partial charge in [0, 0.05) is 24.9 Å². The Morgan fingerprint density at radius 3 is 0.900 bits per heavy atom. The van der Waals surface area contributed by atoms with Crippen molar-refractivity contribution >= 4 is 11.8 Å². The molecule has 6 aliphatic carbocycles. The third-order valence-corrected chi connectivity index (χ3v) is 21.6. The SMILES string of the molecule is CC1(C)C(NC(=O)CC23CC4CC(C2)CC(CC(=O)NC2C(C)(C)C(C)(C)C(C)(C)C(C)(C)C2(C)C)(C4)C3)C(C)(C)C(C)(C)C(C)(C)C1(C)C. The normalized spacial score (nSPS) is 39.0. The fourth-order valence-electron chi connectivity index (χ4n) is 14.9. The second-order valence-electron chi connectivity index (χ2n) is 25.0. The van der Waals surface area contributed by atoms with Crippen molar-refractivity contribution in [3.63, 3.8) is 0 Å². The average molecular weight is 695 g/mol. The van der Waals surface area contributed by atoms with Gasteiger partial charge in [0.2, 0.25) is 11.8 Å².